The average molecular weight is 175 g/mol. The van der Waals surface area contributed by atoms with Gasteiger partial charge < -0.3 is 0 Å². The molecule has 1 rings (SSSR count). The van der Waals surface area contributed by atoms with Gasteiger partial charge in [-0.2, -0.15) is 0 Å². The Kier molecular flexibility index (Phi) is 2.25. The Morgan fingerprint density at radius 3 is 2.55 bits per heavy atom. The maximum atomic E-state index is 12.7. The lowest BCUT2D eigenvalue weighted by molar-refractivity contribution is 0.507. The molecule has 0 unspecified atom stereocenters. The first-order valence-corrected chi connectivity index (χ1v) is 3.30. The third-order valence-electron chi connectivity index (χ3n) is 1.24. The Hall–Kier alpha value is -0.890. The van der Waals surface area contributed by atoms with Gasteiger partial charge in [0.1, 0.15) is 0 Å². The lowest BCUT2D eigenvalue weighted by Crippen LogP contribution is -1.87. The highest BCUT2D eigenvalue weighted by molar-refractivity contribution is 6.30. The van der Waals surface area contributed by atoms with Crippen molar-refractivity contribution < 1.29 is 8.78 Å². The largest absolute Gasteiger partial charge is 0.204 e. The molecule has 0 aliphatic heterocycles. The molecule has 0 saturated heterocycles. The molecule has 0 radical (unpaired) electrons. The van der Waals surface area contributed by atoms with E-state index in [2.05, 4.69) is 6.58 Å². The summed E-state index contributed by atoms with van der Waals surface area (Å²) in [4.78, 5) is 0. The minimum absolute atomic E-state index is 0.0787. The first kappa shape index (κ1) is 8.21. The van der Waals surface area contributed by atoms with E-state index in [9.17, 15) is 8.78 Å². The smallest absolute Gasteiger partial charge is 0.166 e. The lowest BCUT2D eigenvalue weighted by Gasteiger charge is -1.98. The summed E-state index contributed by atoms with van der Waals surface area (Å²) in [6.45, 7) is 3.31. The number of hydrogen-bond acceptors (Lipinski definition) is 0. The minimum Gasteiger partial charge on any atom is -0.204 e. The van der Waals surface area contributed by atoms with Crippen LogP contribution in [0.3, 0.4) is 0 Å². The number of benzene rings is 1. The van der Waals surface area contributed by atoms with Crippen molar-refractivity contribution in [2.24, 2.45) is 0 Å². The van der Waals surface area contributed by atoms with Crippen molar-refractivity contribution in [1.82, 2.24) is 0 Å². The second kappa shape index (κ2) is 3.01. The van der Waals surface area contributed by atoms with Crippen LogP contribution in [0.5, 0.6) is 0 Å². The third kappa shape index (κ3) is 1.57. The predicted octanol–water partition coefficient (Wildman–Crippen LogP) is 3.26. The van der Waals surface area contributed by atoms with E-state index in [0.717, 1.165) is 6.07 Å². The lowest BCUT2D eigenvalue weighted by atomic mass is 10.2. The maximum absolute atomic E-state index is 12.7. The van der Waals surface area contributed by atoms with Crippen molar-refractivity contribution in [2.45, 2.75) is 0 Å². The van der Waals surface area contributed by atoms with Crippen molar-refractivity contribution in [2.75, 3.05) is 0 Å². The molecule has 1 aromatic rings. The van der Waals surface area contributed by atoms with Gasteiger partial charge in [-0.1, -0.05) is 24.3 Å². The zero-order valence-corrected chi connectivity index (χ0v) is 6.33. The Labute approximate surface area is 68.1 Å². The SMILES string of the molecule is C=Cc1cc(Cl)cc(F)c1F. The van der Waals surface area contributed by atoms with Crippen LogP contribution in [0.15, 0.2) is 18.7 Å². The summed E-state index contributed by atoms with van der Waals surface area (Å²) in [7, 11) is 0. The molecule has 58 valence electrons. The molecular weight excluding hydrogens is 170 g/mol. The van der Waals surface area contributed by atoms with Crippen molar-refractivity contribution in [3.63, 3.8) is 0 Å². The van der Waals surface area contributed by atoms with E-state index in [0.29, 0.717) is 0 Å². The Morgan fingerprint density at radius 1 is 1.36 bits per heavy atom. The Morgan fingerprint density at radius 2 is 2.00 bits per heavy atom. The number of rotatable bonds is 1. The molecule has 0 N–H and O–H groups in total. The monoisotopic (exact) mass is 174 g/mol. The fourth-order valence-corrected chi connectivity index (χ4v) is 0.938. The molecule has 0 spiro atoms. The zero-order valence-electron chi connectivity index (χ0n) is 5.57. The van der Waals surface area contributed by atoms with Gasteiger partial charge in [-0.15, -0.1) is 0 Å². The van der Waals surface area contributed by atoms with E-state index in [1.807, 2.05) is 0 Å². The topological polar surface area (TPSA) is 0 Å². The highest BCUT2D eigenvalue weighted by Crippen LogP contribution is 2.19. The van der Waals surface area contributed by atoms with Crippen LogP contribution in [-0.2, 0) is 0 Å². The summed E-state index contributed by atoms with van der Waals surface area (Å²) in [5.74, 6) is -1.86. The molecule has 3 heteroatoms. The van der Waals surface area contributed by atoms with Crippen molar-refractivity contribution in [3.05, 3.63) is 40.9 Å². The molecule has 0 fully saturated rings. The van der Waals surface area contributed by atoms with Crippen LogP contribution in [0.2, 0.25) is 5.02 Å². The van der Waals surface area contributed by atoms with Crippen LogP contribution in [0.25, 0.3) is 6.08 Å². The number of hydrogen-bond donors (Lipinski definition) is 0. The van der Waals surface area contributed by atoms with Gasteiger partial charge in [-0.25, -0.2) is 8.78 Å². The summed E-state index contributed by atoms with van der Waals surface area (Å²) < 4.78 is 25.2. The van der Waals surface area contributed by atoms with Gasteiger partial charge >= 0.3 is 0 Å². The molecule has 0 aliphatic rings. The molecule has 0 amide bonds. The van der Waals surface area contributed by atoms with Crippen LogP contribution in [0, 0.1) is 11.6 Å². The van der Waals surface area contributed by atoms with E-state index in [1.165, 1.54) is 12.1 Å². The van der Waals surface area contributed by atoms with Gasteiger partial charge in [0, 0.05) is 10.6 Å². The van der Waals surface area contributed by atoms with Crippen LogP contribution in [0.1, 0.15) is 5.56 Å². The summed E-state index contributed by atoms with van der Waals surface area (Å²) in [6, 6.07) is 2.23. The second-order valence-electron chi connectivity index (χ2n) is 1.99. The standard InChI is InChI=1S/C8H5ClF2/c1-2-5-3-6(9)4-7(10)8(5)11/h2-4H,1H2. The van der Waals surface area contributed by atoms with E-state index in [-0.39, 0.29) is 10.6 Å². The highest BCUT2D eigenvalue weighted by atomic mass is 35.5. The highest BCUT2D eigenvalue weighted by Gasteiger charge is 2.06. The van der Waals surface area contributed by atoms with Crippen molar-refractivity contribution in [3.8, 4) is 0 Å². The molecule has 0 nitrogen and oxygen atoms in total. The molecular formula is C8H5ClF2. The van der Waals surface area contributed by atoms with Gasteiger partial charge in [0.05, 0.1) is 0 Å². The number of halogens is 3. The molecule has 1 aromatic carbocycles. The maximum Gasteiger partial charge on any atom is 0.166 e. The van der Waals surface area contributed by atoms with Crippen LogP contribution in [-0.4, -0.2) is 0 Å². The van der Waals surface area contributed by atoms with Gasteiger partial charge in [0.25, 0.3) is 0 Å². The molecule has 0 heterocycles. The van der Waals surface area contributed by atoms with E-state index < -0.39 is 11.6 Å². The summed E-state index contributed by atoms with van der Waals surface area (Å²) >= 11 is 5.45. The molecule has 0 atom stereocenters. The Bertz CT molecular complexity index is 294. The van der Waals surface area contributed by atoms with Crippen LogP contribution in [0.4, 0.5) is 8.78 Å². The van der Waals surface area contributed by atoms with E-state index >= 15 is 0 Å². The first-order valence-electron chi connectivity index (χ1n) is 2.92. The van der Waals surface area contributed by atoms with Crippen molar-refractivity contribution in [1.29, 1.82) is 0 Å². The predicted molar refractivity (Wildman–Crippen MR) is 41.5 cm³/mol. The first-order chi connectivity index (χ1) is 5.15. The van der Waals surface area contributed by atoms with Crippen LogP contribution >= 0.6 is 11.6 Å². The molecule has 0 aromatic heterocycles. The molecule has 0 aliphatic carbocycles. The van der Waals surface area contributed by atoms with Crippen LogP contribution < -0.4 is 0 Å². The van der Waals surface area contributed by atoms with Crippen molar-refractivity contribution >= 4 is 17.7 Å². The van der Waals surface area contributed by atoms with Gasteiger partial charge in [-0.05, 0) is 12.1 Å². The second-order valence-corrected chi connectivity index (χ2v) is 2.43. The fraction of sp³-hybridized carbons (Fsp3) is 0. The third-order valence-corrected chi connectivity index (χ3v) is 1.46. The normalized spacial score (nSPS) is 9.73. The van der Waals surface area contributed by atoms with Gasteiger partial charge in [-0.3, -0.25) is 0 Å². The summed E-state index contributed by atoms with van der Waals surface area (Å²) in [5.41, 5.74) is 0.0787. The Balaban J connectivity index is 3.35. The van der Waals surface area contributed by atoms with Gasteiger partial charge in [0.2, 0.25) is 0 Å². The average Bonchev–Trinajstić information content (AvgIpc) is 1.96. The summed E-state index contributed by atoms with van der Waals surface area (Å²) in [5, 5.41) is 0.166. The van der Waals surface area contributed by atoms with Gasteiger partial charge in [0.15, 0.2) is 11.6 Å². The minimum atomic E-state index is -0.951. The zero-order chi connectivity index (χ0) is 8.43. The molecule has 0 saturated carbocycles. The quantitative estimate of drug-likeness (QED) is 0.574. The molecule has 0 bridgehead atoms. The van der Waals surface area contributed by atoms with E-state index in [1.54, 1.807) is 0 Å². The molecule has 11 heavy (non-hydrogen) atoms. The fourth-order valence-electron chi connectivity index (χ4n) is 0.724. The van der Waals surface area contributed by atoms with E-state index in [4.69, 9.17) is 11.6 Å². The summed E-state index contributed by atoms with van der Waals surface area (Å²) in [6.07, 6.45) is 1.21.